The Bertz CT molecular complexity index is 1590. The molecule has 0 spiro atoms. The van der Waals surface area contributed by atoms with Gasteiger partial charge in [0.15, 0.2) is 5.82 Å². The maximum Gasteiger partial charge on any atom is 0.429 e. The number of likely N-dealkylation sites (tertiary alicyclic amines) is 1. The number of aromatic nitrogens is 2. The van der Waals surface area contributed by atoms with Gasteiger partial charge in [0, 0.05) is 48.5 Å². The molecular weight excluding hydrogens is 670 g/mol. The van der Waals surface area contributed by atoms with Crippen LogP contribution in [0.5, 0.6) is 0 Å². The van der Waals surface area contributed by atoms with Crippen molar-refractivity contribution in [3.05, 3.63) is 33.7 Å². The first-order valence-electron chi connectivity index (χ1n) is 12.6. The number of thioether (sulfide) groups is 1. The number of rotatable bonds is 10. The van der Waals surface area contributed by atoms with E-state index in [2.05, 4.69) is 19.9 Å². The third-order valence-electron chi connectivity index (χ3n) is 7.24. The second-order valence-corrected chi connectivity index (χ2v) is 14.7. The van der Waals surface area contributed by atoms with Crippen LogP contribution in [-0.4, -0.2) is 115 Å². The Morgan fingerprint density at radius 1 is 1.16 bits per heavy atom. The molecule has 1 aromatic heterocycles. The molecule has 24 heteroatoms. The number of carbonyl (C=O) groups is 4. The molecule has 20 nitrogen and oxygen atoms in total. The Labute approximate surface area is 255 Å². The summed E-state index contributed by atoms with van der Waals surface area (Å²) in [7, 11) is -9.18. The van der Waals surface area contributed by atoms with Crippen LogP contribution in [0.3, 0.4) is 0 Å². The van der Waals surface area contributed by atoms with E-state index in [-0.39, 0.29) is 53.8 Å². The second-order valence-electron chi connectivity index (χ2n) is 9.98. The fourth-order valence-electron chi connectivity index (χ4n) is 5.26. The number of hydrogen-bond acceptors (Lipinski definition) is 12. The molecule has 0 saturated carbocycles. The van der Waals surface area contributed by atoms with E-state index in [1.165, 1.54) is 11.0 Å². The molecule has 4 aliphatic heterocycles. The van der Waals surface area contributed by atoms with Gasteiger partial charge in [0.2, 0.25) is 17.1 Å². The molecule has 0 aliphatic carbocycles. The van der Waals surface area contributed by atoms with E-state index in [0.717, 1.165) is 21.3 Å². The predicted octanol–water partition coefficient (Wildman–Crippen LogP) is -1.09. The van der Waals surface area contributed by atoms with Crippen molar-refractivity contribution < 1.29 is 53.0 Å². The van der Waals surface area contributed by atoms with Crippen LogP contribution in [0.1, 0.15) is 24.7 Å². The minimum absolute atomic E-state index is 0.00373. The smallest absolute Gasteiger partial charge is 0.429 e. The van der Waals surface area contributed by atoms with Crippen LogP contribution in [0.2, 0.25) is 0 Å². The lowest BCUT2D eigenvalue weighted by atomic mass is 10.0. The summed E-state index contributed by atoms with van der Waals surface area (Å²) in [6.45, 7) is 0.407. The summed E-state index contributed by atoms with van der Waals surface area (Å²) in [6, 6.07) is -3.53. The Morgan fingerprint density at radius 2 is 1.89 bits per heavy atom. The van der Waals surface area contributed by atoms with Crippen molar-refractivity contribution in [2.45, 2.75) is 36.3 Å². The Hall–Kier alpha value is -3.07. The second kappa shape index (κ2) is 12.0. The van der Waals surface area contributed by atoms with E-state index < -0.39 is 68.5 Å². The molecule has 4 aliphatic rings. The molecule has 7 N–H and O–H groups in total. The number of nitroso groups, excluding NO2 is 1. The van der Waals surface area contributed by atoms with Gasteiger partial charge in [0.1, 0.15) is 17.1 Å². The molecule has 238 valence electrons. The quantitative estimate of drug-likeness (QED) is 0.0663. The monoisotopic (exact) mass is 694 g/mol. The number of allylic oxidation sites excluding steroid dienone is 1. The zero-order valence-corrected chi connectivity index (χ0v) is 25.5. The Kier molecular flexibility index (Phi) is 8.84. The fourth-order valence-corrected chi connectivity index (χ4v) is 8.61. The summed E-state index contributed by atoms with van der Waals surface area (Å²) < 4.78 is 27.4. The normalized spacial score (nSPS) is 26.1. The maximum atomic E-state index is 13.1. The zero-order valence-electron chi connectivity index (χ0n) is 22.1. The van der Waals surface area contributed by atoms with E-state index in [4.69, 9.17) is 9.79 Å². The molecule has 1 aromatic rings. The number of nitrogens with zero attached hydrogens (tertiary/aromatic N) is 6. The molecule has 0 radical (unpaired) electrons. The predicted molar refractivity (Wildman–Crippen MR) is 150 cm³/mol. The van der Waals surface area contributed by atoms with Gasteiger partial charge in [-0.15, -0.1) is 16.7 Å². The molecule has 5 heterocycles. The first kappa shape index (κ1) is 32.3. The first-order valence-corrected chi connectivity index (χ1v) is 17.6. The standard InChI is InChI=1S/C20H24N8O12P2S2/c29-15(11(23-34)14-22-20(44-25-14)24-41(35,36)37)21-12-17(31)28-13(19(32)33)9(7-43-18(12)28)5-8-1-4-27(16(8)30)10-2-3-26(6-10)42(38,39)40/h5,10-12,18H,1-4,6-7H2,(H,21,29)(H,32,33)(H2,38,39,40)(H3,22,24,25,35,36,37)/b8-5+/t10-,11?,12-,18-/m1/s1. The zero-order chi connectivity index (χ0) is 32.1. The highest BCUT2D eigenvalue weighted by Gasteiger charge is 2.55. The van der Waals surface area contributed by atoms with Crippen molar-refractivity contribution in [1.82, 2.24) is 29.1 Å². The van der Waals surface area contributed by atoms with Gasteiger partial charge < -0.3 is 34.9 Å². The van der Waals surface area contributed by atoms with Gasteiger partial charge in [-0.2, -0.15) is 4.37 Å². The Balaban J connectivity index is 1.28. The Morgan fingerprint density at radius 3 is 2.50 bits per heavy atom. The lowest BCUT2D eigenvalue weighted by Gasteiger charge is -2.49. The lowest BCUT2D eigenvalue weighted by molar-refractivity contribution is -0.150. The molecular formula is C20H24N8O12P2S2. The summed E-state index contributed by atoms with van der Waals surface area (Å²) >= 11 is 1.57. The average molecular weight is 695 g/mol. The molecule has 3 amide bonds. The van der Waals surface area contributed by atoms with Crippen molar-refractivity contribution in [2.24, 2.45) is 5.18 Å². The largest absolute Gasteiger partial charge is 0.477 e. The van der Waals surface area contributed by atoms with Crippen LogP contribution < -0.4 is 10.4 Å². The number of nitrogens with one attached hydrogen (secondary N) is 2. The van der Waals surface area contributed by atoms with Crippen LogP contribution in [-0.2, 0) is 28.3 Å². The number of aliphatic carboxylic acids is 1. The van der Waals surface area contributed by atoms with E-state index in [1.807, 2.05) is 0 Å². The van der Waals surface area contributed by atoms with Crippen molar-refractivity contribution in [1.29, 1.82) is 0 Å². The average Bonchev–Trinajstić information content (AvgIpc) is 3.67. The summed E-state index contributed by atoms with van der Waals surface area (Å²) in [5.41, 5.74) is 0.0963. The van der Waals surface area contributed by atoms with E-state index >= 15 is 0 Å². The third kappa shape index (κ3) is 6.35. The molecule has 0 bridgehead atoms. The highest BCUT2D eigenvalue weighted by atomic mass is 32.2. The van der Waals surface area contributed by atoms with Crippen molar-refractivity contribution in [3.63, 3.8) is 0 Å². The number of carboxylic acid groups (broad SMARTS) is 1. The van der Waals surface area contributed by atoms with Gasteiger partial charge in [0.05, 0.1) is 0 Å². The van der Waals surface area contributed by atoms with Gasteiger partial charge in [0.25, 0.3) is 11.8 Å². The van der Waals surface area contributed by atoms with Crippen molar-refractivity contribution in [3.8, 4) is 0 Å². The first-order chi connectivity index (χ1) is 20.6. The summed E-state index contributed by atoms with van der Waals surface area (Å²) in [4.78, 5) is 106. The maximum absolute atomic E-state index is 13.1. The molecule has 4 atom stereocenters. The molecule has 0 aromatic carbocycles. The topological polar surface area (TPSA) is 293 Å². The van der Waals surface area contributed by atoms with Gasteiger partial charge >= 0.3 is 21.5 Å². The van der Waals surface area contributed by atoms with Crippen LogP contribution in [0.25, 0.3) is 0 Å². The van der Waals surface area contributed by atoms with E-state index in [1.54, 1.807) is 5.09 Å². The van der Waals surface area contributed by atoms with E-state index in [0.29, 0.717) is 18.0 Å². The molecule has 5 rings (SSSR count). The molecule has 1 unspecified atom stereocenters. The van der Waals surface area contributed by atoms with Gasteiger partial charge in [-0.3, -0.25) is 24.4 Å². The van der Waals surface area contributed by atoms with Crippen molar-refractivity contribution in [2.75, 3.05) is 30.5 Å². The fraction of sp³-hybridized carbons (Fsp3) is 0.500. The van der Waals surface area contributed by atoms with Crippen LogP contribution >= 0.6 is 38.8 Å². The third-order valence-corrected chi connectivity index (χ3v) is 10.9. The number of fused-ring (bicyclic) bond motifs is 1. The van der Waals surface area contributed by atoms with E-state index in [9.17, 15) is 48.1 Å². The number of carbonyl (C=O) groups excluding carboxylic acids is 3. The number of hydrogen-bond donors (Lipinski definition) is 7. The van der Waals surface area contributed by atoms with Gasteiger partial charge in [-0.25, -0.2) is 23.6 Å². The molecule has 3 fully saturated rings. The summed E-state index contributed by atoms with van der Waals surface area (Å²) in [5.74, 6) is -4.15. The number of carboxylic acids is 1. The number of anilines is 1. The minimum atomic E-state index is -4.74. The van der Waals surface area contributed by atoms with Crippen LogP contribution in [0.4, 0.5) is 5.13 Å². The summed E-state index contributed by atoms with van der Waals surface area (Å²) in [5, 5.41) is 15.5. The van der Waals surface area contributed by atoms with Crippen molar-refractivity contribution >= 4 is 67.6 Å². The molecule has 44 heavy (non-hydrogen) atoms. The highest BCUT2D eigenvalue weighted by Crippen LogP contribution is 2.44. The number of amides is 3. The van der Waals surface area contributed by atoms with Gasteiger partial charge in [-0.1, -0.05) is 0 Å². The highest BCUT2D eigenvalue weighted by molar-refractivity contribution is 8.00. The SMILES string of the molecule is O=NC(C(=O)N[C@@H]1C(=O)N2C(C(=O)O)=C(/C=C3\CCN([C@@H]4CCN(P(=O)(O)O)C4)C3=O)CS[C@H]12)c1nsc(NP(=O)(O)O)n1. The lowest BCUT2D eigenvalue weighted by Crippen LogP contribution is -2.70. The molecule has 3 saturated heterocycles. The van der Waals surface area contributed by atoms with Crippen LogP contribution in [0, 0.1) is 4.91 Å². The summed E-state index contributed by atoms with van der Waals surface area (Å²) in [6.07, 6.45) is 2.04. The minimum Gasteiger partial charge on any atom is -0.477 e. The number of β-lactam (4-membered cyclic amide) rings is 1. The van der Waals surface area contributed by atoms with Crippen LogP contribution in [0.15, 0.2) is 28.1 Å². The van der Waals surface area contributed by atoms with Gasteiger partial charge in [-0.05, 0) is 29.7 Å².